The molecule has 0 unspecified atom stereocenters. The second kappa shape index (κ2) is 9.16. The van der Waals surface area contributed by atoms with Gasteiger partial charge in [-0.2, -0.15) is 0 Å². The van der Waals surface area contributed by atoms with Gasteiger partial charge in [0, 0.05) is 25.3 Å². The highest BCUT2D eigenvalue weighted by molar-refractivity contribution is 5.94. The molecule has 3 aromatic carbocycles. The van der Waals surface area contributed by atoms with Crippen LogP contribution in [0.5, 0.6) is 17.2 Å². The van der Waals surface area contributed by atoms with Crippen LogP contribution in [0.3, 0.4) is 0 Å². The van der Waals surface area contributed by atoms with Gasteiger partial charge in [-0.25, -0.2) is 0 Å². The van der Waals surface area contributed by atoms with Crippen LogP contribution in [0, 0.1) is 0 Å². The number of para-hydroxylation sites is 1. The number of ether oxygens (including phenoxy) is 3. The molecule has 0 saturated carbocycles. The maximum atomic E-state index is 13.2. The molecule has 0 N–H and O–H groups in total. The van der Waals surface area contributed by atoms with Gasteiger partial charge in [0.25, 0.3) is 0 Å². The van der Waals surface area contributed by atoms with Gasteiger partial charge in [-0.3, -0.25) is 9.69 Å². The molecule has 2 heterocycles. The third kappa shape index (κ3) is 4.39. The van der Waals surface area contributed by atoms with E-state index in [-0.39, 0.29) is 18.7 Å². The van der Waals surface area contributed by atoms with Crippen molar-refractivity contribution in [3.8, 4) is 17.2 Å². The van der Waals surface area contributed by atoms with Crippen LogP contribution < -0.4 is 19.1 Å². The molecule has 0 bridgehead atoms. The normalized spacial score (nSPS) is 19.5. The van der Waals surface area contributed by atoms with Crippen LogP contribution in [-0.2, 0) is 4.79 Å². The highest BCUT2D eigenvalue weighted by atomic mass is 16.7. The molecular weight excluding hydrogens is 416 g/mol. The van der Waals surface area contributed by atoms with Crippen LogP contribution in [0.15, 0.2) is 72.8 Å². The van der Waals surface area contributed by atoms with Crippen molar-refractivity contribution < 1.29 is 19.0 Å². The number of amides is 1. The van der Waals surface area contributed by atoms with E-state index in [0.717, 1.165) is 35.9 Å². The Labute approximate surface area is 194 Å². The molecule has 1 saturated heterocycles. The standard InChI is InChI=1S/C27H28N2O4/c1-28(22-6-4-3-5-7-22)27(30)17-29-16-21(20-10-13-25-26(15-20)33-18-32-25)14-24(29)19-8-11-23(31-2)12-9-19/h3-13,15,21,24H,14,16-18H2,1-2H3/t21-,24+/m0/s1. The number of hydrogen-bond donors (Lipinski definition) is 0. The predicted octanol–water partition coefficient (Wildman–Crippen LogP) is 4.62. The summed E-state index contributed by atoms with van der Waals surface area (Å²) in [7, 11) is 3.51. The Bertz CT molecular complexity index is 1120. The van der Waals surface area contributed by atoms with Gasteiger partial charge in [0.05, 0.1) is 13.7 Å². The maximum Gasteiger partial charge on any atom is 0.240 e. The summed E-state index contributed by atoms with van der Waals surface area (Å²) in [6.45, 7) is 1.41. The van der Waals surface area contributed by atoms with Gasteiger partial charge in [-0.1, -0.05) is 36.4 Å². The fraction of sp³-hybridized carbons (Fsp3) is 0.296. The lowest BCUT2D eigenvalue weighted by atomic mass is 9.93. The third-order valence-electron chi connectivity index (χ3n) is 6.63. The van der Waals surface area contributed by atoms with Crippen molar-refractivity contribution >= 4 is 11.6 Å². The second-order valence-electron chi connectivity index (χ2n) is 8.55. The quantitative estimate of drug-likeness (QED) is 0.555. The molecule has 0 radical (unpaired) electrons. The lowest BCUT2D eigenvalue weighted by Gasteiger charge is -2.27. The first-order chi connectivity index (χ1) is 16.1. The monoisotopic (exact) mass is 444 g/mol. The van der Waals surface area contributed by atoms with Crippen LogP contribution in [0.4, 0.5) is 5.69 Å². The van der Waals surface area contributed by atoms with E-state index in [4.69, 9.17) is 14.2 Å². The highest BCUT2D eigenvalue weighted by Gasteiger charge is 2.36. The summed E-state index contributed by atoms with van der Waals surface area (Å²) in [5.41, 5.74) is 3.30. The number of methoxy groups -OCH3 is 1. The van der Waals surface area contributed by atoms with E-state index >= 15 is 0 Å². The van der Waals surface area contributed by atoms with Crippen molar-refractivity contribution in [2.75, 3.05) is 38.9 Å². The first-order valence-electron chi connectivity index (χ1n) is 11.2. The number of rotatable bonds is 6. The Hall–Kier alpha value is -3.51. The molecule has 33 heavy (non-hydrogen) atoms. The van der Waals surface area contributed by atoms with Gasteiger partial charge < -0.3 is 19.1 Å². The zero-order chi connectivity index (χ0) is 22.8. The highest BCUT2D eigenvalue weighted by Crippen LogP contribution is 2.43. The second-order valence-corrected chi connectivity index (χ2v) is 8.55. The maximum absolute atomic E-state index is 13.2. The minimum Gasteiger partial charge on any atom is -0.497 e. The van der Waals surface area contributed by atoms with Gasteiger partial charge in [0.2, 0.25) is 12.7 Å². The molecule has 0 aliphatic carbocycles. The van der Waals surface area contributed by atoms with Crippen LogP contribution >= 0.6 is 0 Å². The van der Waals surface area contributed by atoms with E-state index in [1.807, 2.05) is 55.6 Å². The van der Waals surface area contributed by atoms with Crippen molar-refractivity contribution in [1.29, 1.82) is 0 Å². The first-order valence-corrected chi connectivity index (χ1v) is 11.2. The molecule has 2 aliphatic heterocycles. The first kappa shape index (κ1) is 21.3. The number of fused-ring (bicyclic) bond motifs is 1. The van der Waals surface area contributed by atoms with Gasteiger partial charge in [0.15, 0.2) is 11.5 Å². The van der Waals surface area contributed by atoms with E-state index in [9.17, 15) is 4.79 Å². The Kier molecular flexibility index (Phi) is 5.92. The van der Waals surface area contributed by atoms with E-state index in [2.05, 4.69) is 29.2 Å². The summed E-state index contributed by atoms with van der Waals surface area (Å²) in [5, 5.41) is 0. The van der Waals surface area contributed by atoms with E-state index < -0.39 is 0 Å². The fourth-order valence-electron chi connectivity index (χ4n) is 4.74. The van der Waals surface area contributed by atoms with Crippen LogP contribution in [0.1, 0.15) is 29.5 Å². The average molecular weight is 445 g/mol. The zero-order valence-corrected chi connectivity index (χ0v) is 18.9. The Morgan fingerprint density at radius 2 is 1.73 bits per heavy atom. The van der Waals surface area contributed by atoms with Crippen molar-refractivity contribution in [3.63, 3.8) is 0 Å². The van der Waals surface area contributed by atoms with Crippen molar-refractivity contribution in [2.24, 2.45) is 0 Å². The van der Waals surface area contributed by atoms with Crippen molar-refractivity contribution in [3.05, 3.63) is 83.9 Å². The summed E-state index contributed by atoms with van der Waals surface area (Å²) in [6, 6.07) is 24.3. The number of benzene rings is 3. The number of carbonyl (C=O) groups is 1. The lowest BCUT2D eigenvalue weighted by molar-refractivity contribution is -0.119. The molecule has 6 heteroatoms. The summed E-state index contributed by atoms with van der Waals surface area (Å²) in [4.78, 5) is 17.2. The van der Waals surface area contributed by atoms with Crippen LogP contribution in [0.2, 0.25) is 0 Å². The molecule has 1 fully saturated rings. The molecule has 1 amide bonds. The van der Waals surface area contributed by atoms with Crippen molar-refractivity contribution in [2.45, 2.75) is 18.4 Å². The van der Waals surface area contributed by atoms with E-state index in [1.165, 1.54) is 11.1 Å². The Balaban J connectivity index is 1.39. The number of nitrogens with zero attached hydrogens (tertiary/aromatic N) is 2. The van der Waals surface area contributed by atoms with Crippen LogP contribution in [0.25, 0.3) is 0 Å². The molecule has 3 aromatic rings. The van der Waals surface area contributed by atoms with E-state index in [0.29, 0.717) is 12.5 Å². The minimum absolute atomic E-state index is 0.0750. The largest absolute Gasteiger partial charge is 0.497 e. The SMILES string of the molecule is COc1ccc([C@H]2C[C@H](c3ccc4c(c3)OCO4)CN2CC(=O)N(C)c2ccccc2)cc1. The number of anilines is 1. The Morgan fingerprint density at radius 1 is 1.00 bits per heavy atom. The zero-order valence-electron chi connectivity index (χ0n) is 18.9. The summed E-state index contributed by atoms with van der Waals surface area (Å²) in [5.74, 6) is 2.79. The molecular formula is C27H28N2O4. The predicted molar refractivity (Wildman–Crippen MR) is 127 cm³/mol. The molecule has 0 spiro atoms. The van der Waals surface area contributed by atoms with Gasteiger partial charge in [0.1, 0.15) is 5.75 Å². The van der Waals surface area contributed by atoms with Crippen LogP contribution in [-0.4, -0.2) is 44.8 Å². The summed E-state index contributed by atoms with van der Waals surface area (Å²) < 4.78 is 16.4. The molecule has 6 nitrogen and oxygen atoms in total. The number of hydrogen-bond acceptors (Lipinski definition) is 5. The van der Waals surface area contributed by atoms with Gasteiger partial charge in [-0.05, 0) is 59.9 Å². The fourth-order valence-corrected chi connectivity index (χ4v) is 4.74. The number of likely N-dealkylation sites (tertiary alicyclic amines) is 1. The number of likely N-dealkylation sites (N-methyl/N-ethyl adjacent to an activating group) is 1. The van der Waals surface area contributed by atoms with Crippen molar-refractivity contribution in [1.82, 2.24) is 4.90 Å². The lowest BCUT2D eigenvalue weighted by Crippen LogP contribution is -2.38. The van der Waals surface area contributed by atoms with Gasteiger partial charge in [-0.15, -0.1) is 0 Å². The molecule has 170 valence electrons. The van der Waals surface area contributed by atoms with E-state index in [1.54, 1.807) is 12.0 Å². The third-order valence-corrected chi connectivity index (χ3v) is 6.63. The summed E-state index contributed by atoms with van der Waals surface area (Å²) in [6.07, 6.45) is 0.925. The molecule has 2 atom stereocenters. The number of carbonyl (C=O) groups excluding carboxylic acids is 1. The molecule has 0 aromatic heterocycles. The average Bonchev–Trinajstić information content (AvgIpc) is 3.51. The van der Waals surface area contributed by atoms with Gasteiger partial charge >= 0.3 is 0 Å². The topological polar surface area (TPSA) is 51.2 Å². The Morgan fingerprint density at radius 3 is 2.48 bits per heavy atom. The molecule has 5 rings (SSSR count). The molecule has 2 aliphatic rings. The smallest absolute Gasteiger partial charge is 0.240 e. The summed E-state index contributed by atoms with van der Waals surface area (Å²) >= 11 is 0. The minimum atomic E-state index is 0.0750.